The Balaban J connectivity index is 1.95. The smallest absolute Gasteiger partial charge is 0.0377 e. The summed E-state index contributed by atoms with van der Waals surface area (Å²) in [6.07, 6.45) is 3.88. The van der Waals surface area contributed by atoms with Gasteiger partial charge in [-0.15, -0.1) is 0 Å². The van der Waals surface area contributed by atoms with Crippen LogP contribution >= 0.6 is 0 Å². The molecule has 1 aromatic rings. The highest BCUT2D eigenvalue weighted by Gasteiger charge is 2.17. The molecule has 2 atom stereocenters. The van der Waals surface area contributed by atoms with Gasteiger partial charge in [0.1, 0.15) is 0 Å². The summed E-state index contributed by atoms with van der Waals surface area (Å²) < 4.78 is 0. The number of benzene rings is 1. The van der Waals surface area contributed by atoms with Crippen molar-refractivity contribution >= 4 is 5.69 Å². The van der Waals surface area contributed by atoms with Crippen molar-refractivity contribution in [3.63, 3.8) is 0 Å². The van der Waals surface area contributed by atoms with E-state index in [4.69, 9.17) is 0 Å². The minimum absolute atomic E-state index is 0.528. The van der Waals surface area contributed by atoms with E-state index in [0.29, 0.717) is 18.0 Å². The van der Waals surface area contributed by atoms with Crippen LogP contribution in [-0.4, -0.2) is 18.6 Å². The third kappa shape index (κ3) is 3.49. The molecular formula is C16H26N2. The van der Waals surface area contributed by atoms with E-state index in [1.165, 1.54) is 37.1 Å². The molecule has 0 spiro atoms. The first-order chi connectivity index (χ1) is 8.66. The lowest BCUT2D eigenvalue weighted by atomic mass is 10.00. The maximum absolute atomic E-state index is 3.68. The molecule has 1 aliphatic heterocycles. The Labute approximate surface area is 111 Å². The Morgan fingerprint density at radius 1 is 1.28 bits per heavy atom. The second kappa shape index (κ2) is 6.24. The van der Waals surface area contributed by atoms with Gasteiger partial charge in [0.25, 0.3) is 0 Å². The molecule has 2 heteroatoms. The van der Waals surface area contributed by atoms with Gasteiger partial charge in [-0.2, -0.15) is 0 Å². The van der Waals surface area contributed by atoms with E-state index >= 15 is 0 Å². The van der Waals surface area contributed by atoms with E-state index in [0.717, 1.165) is 0 Å². The Morgan fingerprint density at radius 2 is 2.06 bits per heavy atom. The lowest BCUT2D eigenvalue weighted by Crippen LogP contribution is -2.29. The Bertz CT molecular complexity index is 367. The van der Waals surface area contributed by atoms with Gasteiger partial charge < -0.3 is 10.6 Å². The number of hydrogen-bond acceptors (Lipinski definition) is 2. The van der Waals surface area contributed by atoms with Gasteiger partial charge in [-0.3, -0.25) is 0 Å². The molecule has 2 rings (SSSR count). The van der Waals surface area contributed by atoms with Crippen molar-refractivity contribution in [3.05, 3.63) is 29.8 Å². The fraction of sp³-hybridized carbons (Fsp3) is 0.625. The number of anilines is 1. The standard InChI is InChI=1S/C16H26N2/c1-12(2)15-8-4-5-9-16(15)18-13(3)11-14-7-6-10-17-14/h4-5,8-9,12-14,17-18H,6-7,10-11H2,1-3H3. The molecule has 1 aromatic carbocycles. The van der Waals surface area contributed by atoms with E-state index in [2.05, 4.69) is 55.7 Å². The van der Waals surface area contributed by atoms with Crippen LogP contribution in [0.25, 0.3) is 0 Å². The predicted octanol–water partition coefficient (Wildman–Crippen LogP) is 3.75. The van der Waals surface area contributed by atoms with Gasteiger partial charge in [0, 0.05) is 17.8 Å². The van der Waals surface area contributed by atoms with Crippen molar-refractivity contribution in [2.24, 2.45) is 0 Å². The summed E-state index contributed by atoms with van der Waals surface area (Å²) in [7, 11) is 0. The molecule has 2 nitrogen and oxygen atoms in total. The third-order valence-corrected chi connectivity index (χ3v) is 3.79. The van der Waals surface area contributed by atoms with Crippen LogP contribution in [0.1, 0.15) is 51.5 Å². The second-order valence-electron chi connectivity index (χ2n) is 5.82. The molecule has 0 amide bonds. The van der Waals surface area contributed by atoms with Crippen LogP contribution in [0.3, 0.4) is 0 Å². The maximum atomic E-state index is 3.68. The first-order valence-electron chi connectivity index (χ1n) is 7.25. The number of hydrogen-bond donors (Lipinski definition) is 2. The fourth-order valence-corrected chi connectivity index (χ4v) is 2.84. The molecule has 1 fully saturated rings. The Kier molecular flexibility index (Phi) is 4.65. The maximum Gasteiger partial charge on any atom is 0.0377 e. The molecule has 0 radical (unpaired) electrons. The van der Waals surface area contributed by atoms with Crippen molar-refractivity contribution in [1.82, 2.24) is 5.32 Å². The summed E-state index contributed by atoms with van der Waals surface area (Å²) >= 11 is 0. The first kappa shape index (κ1) is 13.4. The molecule has 2 unspecified atom stereocenters. The SMILES string of the molecule is CC(CC1CCCN1)Nc1ccccc1C(C)C. The van der Waals surface area contributed by atoms with Gasteiger partial charge in [-0.25, -0.2) is 0 Å². The summed E-state index contributed by atoms with van der Waals surface area (Å²) in [5, 5.41) is 7.25. The van der Waals surface area contributed by atoms with Crippen molar-refractivity contribution < 1.29 is 0 Å². The molecule has 1 aliphatic rings. The summed E-state index contributed by atoms with van der Waals surface area (Å²) in [6.45, 7) is 7.99. The second-order valence-corrected chi connectivity index (χ2v) is 5.82. The minimum atomic E-state index is 0.528. The highest BCUT2D eigenvalue weighted by Crippen LogP contribution is 2.25. The normalized spacial score (nSPS) is 21.2. The minimum Gasteiger partial charge on any atom is -0.382 e. The van der Waals surface area contributed by atoms with Crippen molar-refractivity contribution in [2.45, 2.75) is 58.0 Å². The topological polar surface area (TPSA) is 24.1 Å². The van der Waals surface area contributed by atoms with Crippen molar-refractivity contribution in [1.29, 1.82) is 0 Å². The molecule has 2 N–H and O–H groups in total. The molecule has 1 heterocycles. The number of nitrogens with one attached hydrogen (secondary N) is 2. The Morgan fingerprint density at radius 3 is 2.72 bits per heavy atom. The lowest BCUT2D eigenvalue weighted by Gasteiger charge is -2.22. The van der Waals surface area contributed by atoms with Crippen LogP contribution in [-0.2, 0) is 0 Å². The van der Waals surface area contributed by atoms with Gasteiger partial charge in [-0.1, -0.05) is 32.0 Å². The van der Waals surface area contributed by atoms with Crippen LogP contribution in [0.2, 0.25) is 0 Å². The largest absolute Gasteiger partial charge is 0.382 e. The molecular weight excluding hydrogens is 220 g/mol. The van der Waals surface area contributed by atoms with Crippen molar-refractivity contribution in [3.8, 4) is 0 Å². The van der Waals surface area contributed by atoms with E-state index in [1.807, 2.05) is 0 Å². The lowest BCUT2D eigenvalue weighted by molar-refractivity contribution is 0.523. The van der Waals surface area contributed by atoms with Gasteiger partial charge in [0.05, 0.1) is 0 Å². The van der Waals surface area contributed by atoms with Crippen LogP contribution in [0.15, 0.2) is 24.3 Å². The van der Waals surface area contributed by atoms with E-state index < -0.39 is 0 Å². The fourth-order valence-electron chi connectivity index (χ4n) is 2.84. The first-order valence-corrected chi connectivity index (χ1v) is 7.25. The zero-order valence-corrected chi connectivity index (χ0v) is 11.9. The third-order valence-electron chi connectivity index (χ3n) is 3.79. The number of rotatable bonds is 5. The average molecular weight is 246 g/mol. The van der Waals surface area contributed by atoms with E-state index in [-0.39, 0.29) is 0 Å². The molecule has 0 bridgehead atoms. The van der Waals surface area contributed by atoms with E-state index in [9.17, 15) is 0 Å². The highest BCUT2D eigenvalue weighted by molar-refractivity contribution is 5.53. The van der Waals surface area contributed by atoms with Gasteiger partial charge >= 0.3 is 0 Å². The molecule has 0 aromatic heterocycles. The Hall–Kier alpha value is -1.02. The van der Waals surface area contributed by atoms with E-state index in [1.54, 1.807) is 0 Å². The van der Waals surface area contributed by atoms with Crippen LogP contribution in [0, 0.1) is 0 Å². The highest BCUT2D eigenvalue weighted by atomic mass is 15.0. The molecule has 18 heavy (non-hydrogen) atoms. The summed E-state index contributed by atoms with van der Waals surface area (Å²) in [5.41, 5.74) is 2.72. The zero-order valence-electron chi connectivity index (χ0n) is 11.9. The van der Waals surface area contributed by atoms with Crippen LogP contribution in [0.5, 0.6) is 0 Å². The van der Waals surface area contributed by atoms with Gasteiger partial charge in [0.2, 0.25) is 0 Å². The number of para-hydroxylation sites is 1. The van der Waals surface area contributed by atoms with Crippen LogP contribution in [0.4, 0.5) is 5.69 Å². The molecule has 1 saturated heterocycles. The molecule has 100 valence electrons. The van der Waals surface area contributed by atoms with Crippen molar-refractivity contribution in [2.75, 3.05) is 11.9 Å². The zero-order chi connectivity index (χ0) is 13.0. The van der Waals surface area contributed by atoms with Gasteiger partial charge in [0.15, 0.2) is 0 Å². The monoisotopic (exact) mass is 246 g/mol. The quantitative estimate of drug-likeness (QED) is 0.826. The average Bonchev–Trinajstić information content (AvgIpc) is 2.82. The molecule has 0 saturated carbocycles. The molecule has 0 aliphatic carbocycles. The van der Waals surface area contributed by atoms with Crippen LogP contribution < -0.4 is 10.6 Å². The summed E-state index contributed by atoms with van der Waals surface area (Å²) in [5.74, 6) is 0.575. The summed E-state index contributed by atoms with van der Waals surface area (Å²) in [6, 6.07) is 9.92. The summed E-state index contributed by atoms with van der Waals surface area (Å²) in [4.78, 5) is 0. The van der Waals surface area contributed by atoms with Gasteiger partial charge in [-0.05, 0) is 50.3 Å². The predicted molar refractivity (Wildman–Crippen MR) is 79.3 cm³/mol.